The maximum atomic E-state index is 12.0. The summed E-state index contributed by atoms with van der Waals surface area (Å²) in [5, 5.41) is 0.754. The normalized spacial score (nSPS) is 11.6. The van der Waals surface area contributed by atoms with Gasteiger partial charge in [-0.15, -0.1) is 0 Å². The summed E-state index contributed by atoms with van der Waals surface area (Å²) in [6.07, 6.45) is 0.513. The molecule has 0 fully saturated rings. The molecule has 0 spiro atoms. The lowest BCUT2D eigenvalue weighted by atomic mass is 10.1. The van der Waals surface area contributed by atoms with Gasteiger partial charge < -0.3 is 9.72 Å². The summed E-state index contributed by atoms with van der Waals surface area (Å²) >= 11 is 0. The van der Waals surface area contributed by atoms with Gasteiger partial charge in [0.1, 0.15) is 0 Å². The molecule has 0 aliphatic carbocycles. The fourth-order valence-electron chi connectivity index (χ4n) is 2.19. The molecule has 0 saturated carbocycles. The van der Waals surface area contributed by atoms with Crippen molar-refractivity contribution < 1.29 is 17.9 Å². The van der Waals surface area contributed by atoms with E-state index in [0.29, 0.717) is 23.2 Å². The molecule has 0 aliphatic rings. The third kappa shape index (κ3) is 3.36. The van der Waals surface area contributed by atoms with Crippen molar-refractivity contribution in [1.82, 2.24) is 4.98 Å². The number of carbonyl (C=O) groups is 1. The van der Waals surface area contributed by atoms with Crippen LogP contribution in [0, 0.1) is 6.92 Å². The van der Waals surface area contributed by atoms with Gasteiger partial charge in [0.2, 0.25) is 10.0 Å². The van der Waals surface area contributed by atoms with Crippen molar-refractivity contribution in [3.8, 4) is 0 Å². The van der Waals surface area contributed by atoms with Gasteiger partial charge in [0.15, 0.2) is 0 Å². The number of carbonyl (C=O) groups excluding carboxylic acids is 1. The quantitative estimate of drug-likeness (QED) is 0.830. The van der Waals surface area contributed by atoms with Crippen molar-refractivity contribution in [2.45, 2.75) is 20.3 Å². The lowest BCUT2D eigenvalue weighted by Crippen LogP contribution is -2.17. The highest BCUT2D eigenvalue weighted by molar-refractivity contribution is 7.92. The zero-order chi connectivity index (χ0) is 15.6. The molecule has 21 heavy (non-hydrogen) atoms. The van der Waals surface area contributed by atoms with E-state index in [0.717, 1.165) is 11.1 Å². The highest BCUT2D eigenvalue weighted by atomic mass is 32.2. The number of rotatable bonds is 5. The fraction of sp³-hybridized carbons (Fsp3) is 0.357. The molecule has 2 rings (SSSR count). The van der Waals surface area contributed by atoms with Crippen molar-refractivity contribution in [3.63, 3.8) is 0 Å². The van der Waals surface area contributed by atoms with Crippen molar-refractivity contribution in [1.29, 1.82) is 0 Å². The van der Waals surface area contributed by atoms with Crippen LogP contribution in [0.15, 0.2) is 18.2 Å². The maximum absolute atomic E-state index is 12.0. The summed E-state index contributed by atoms with van der Waals surface area (Å²) < 4.78 is 31.1. The Morgan fingerprint density at radius 2 is 2.05 bits per heavy atom. The summed E-state index contributed by atoms with van der Waals surface area (Å²) in [5.74, 6) is -0.483. The third-order valence-electron chi connectivity index (χ3n) is 3.02. The number of fused-ring (bicyclic) bond motifs is 1. The molecule has 1 aromatic heterocycles. The molecule has 1 aromatic carbocycles. The molecule has 0 amide bonds. The molecular weight excluding hydrogens is 292 g/mol. The largest absolute Gasteiger partial charge is 0.465 e. The zero-order valence-electron chi connectivity index (χ0n) is 12.2. The summed E-state index contributed by atoms with van der Waals surface area (Å²) in [7, 11) is -2.15. The lowest BCUT2D eigenvalue weighted by molar-refractivity contribution is 0.0601. The molecule has 114 valence electrons. The third-order valence-corrected chi connectivity index (χ3v) is 4.50. The van der Waals surface area contributed by atoms with Crippen LogP contribution in [-0.4, -0.2) is 32.2 Å². The number of aromatic amines is 1. The van der Waals surface area contributed by atoms with Crippen LogP contribution in [0.1, 0.15) is 29.4 Å². The zero-order valence-corrected chi connectivity index (χ0v) is 13.0. The van der Waals surface area contributed by atoms with Crippen molar-refractivity contribution in [2.75, 3.05) is 17.6 Å². The number of nitrogens with one attached hydrogen (secondary N) is 2. The molecule has 0 unspecified atom stereocenters. The van der Waals surface area contributed by atoms with E-state index in [2.05, 4.69) is 9.71 Å². The predicted molar refractivity (Wildman–Crippen MR) is 82.1 cm³/mol. The Bertz CT molecular complexity index is 778. The van der Waals surface area contributed by atoms with Gasteiger partial charge in [0.25, 0.3) is 0 Å². The Balaban J connectivity index is 2.57. The number of aromatic nitrogens is 1. The highest BCUT2D eigenvalue weighted by Crippen LogP contribution is 2.27. The van der Waals surface area contributed by atoms with E-state index in [9.17, 15) is 13.2 Å². The molecule has 2 N–H and O–H groups in total. The summed E-state index contributed by atoms with van der Waals surface area (Å²) in [4.78, 5) is 14.8. The molecule has 0 saturated heterocycles. The average molecular weight is 310 g/mol. The minimum absolute atomic E-state index is 0.0244. The van der Waals surface area contributed by atoms with Gasteiger partial charge in [-0.2, -0.15) is 0 Å². The number of sulfonamides is 1. The van der Waals surface area contributed by atoms with E-state index < -0.39 is 16.0 Å². The molecule has 2 aromatic rings. The first-order valence-corrected chi connectivity index (χ1v) is 8.23. The highest BCUT2D eigenvalue weighted by Gasteiger charge is 2.16. The first-order valence-electron chi connectivity index (χ1n) is 6.58. The van der Waals surface area contributed by atoms with Gasteiger partial charge in [-0.25, -0.2) is 13.2 Å². The predicted octanol–water partition coefficient (Wildman–Crippen LogP) is 2.41. The van der Waals surface area contributed by atoms with Crippen LogP contribution in [0.4, 0.5) is 5.69 Å². The van der Waals surface area contributed by atoms with Gasteiger partial charge in [0, 0.05) is 11.1 Å². The summed E-state index contributed by atoms with van der Waals surface area (Å²) in [6, 6.07) is 5.00. The monoisotopic (exact) mass is 310 g/mol. The molecule has 0 radical (unpaired) electrons. The number of hydrogen-bond acceptors (Lipinski definition) is 4. The van der Waals surface area contributed by atoms with Gasteiger partial charge >= 0.3 is 5.97 Å². The Kier molecular flexibility index (Phi) is 4.22. The van der Waals surface area contributed by atoms with Crippen LogP contribution in [0.2, 0.25) is 0 Å². The topological polar surface area (TPSA) is 88.3 Å². The van der Waals surface area contributed by atoms with Gasteiger partial charge in [-0.3, -0.25) is 4.72 Å². The number of hydrogen-bond donors (Lipinski definition) is 2. The van der Waals surface area contributed by atoms with Crippen molar-refractivity contribution in [3.05, 3.63) is 29.5 Å². The SMILES string of the molecule is CCCS(=O)(=O)Nc1cc(C(=O)OC)cc2cc(C)[nH]c12. The van der Waals surface area contributed by atoms with E-state index in [1.54, 1.807) is 13.0 Å². The van der Waals surface area contributed by atoms with Crippen molar-refractivity contribution >= 4 is 32.6 Å². The maximum Gasteiger partial charge on any atom is 0.337 e. The molecule has 7 heteroatoms. The van der Waals surface area contributed by atoms with E-state index >= 15 is 0 Å². The first-order chi connectivity index (χ1) is 9.86. The van der Waals surface area contributed by atoms with E-state index in [1.165, 1.54) is 13.2 Å². The second kappa shape index (κ2) is 5.77. The molecular formula is C14H18N2O4S. The van der Waals surface area contributed by atoms with Crippen molar-refractivity contribution in [2.24, 2.45) is 0 Å². The van der Waals surface area contributed by atoms with Crippen LogP contribution in [0.3, 0.4) is 0 Å². The standard InChI is InChI=1S/C14H18N2O4S/c1-4-5-21(18,19)16-12-8-11(14(17)20-3)7-10-6-9(2)15-13(10)12/h6-8,15-16H,4-5H2,1-3H3. The average Bonchev–Trinajstić information content (AvgIpc) is 2.77. The van der Waals surface area contributed by atoms with E-state index in [-0.39, 0.29) is 5.75 Å². The molecule has 0 bridgehead atoms. The molecule has 0 aliphatic heterocycles. The number of anilines is 1. The molecule has 0 atom stereocenters. The van der Waals surface area contributed by atoms with Crippen LogP contribution >= 0.6 is 0 Å². The smallest absolute Gasteiger partial charge is 0.337 e. The van der Waals surface area contributed by atoms with Gasteiger partial charge in [0.05, 0.1) is 29.6 Å². The van der Waals surface area contributed by atoms with Gasteiger partial charge in [-0.1, -0.05) is 6.92 Å². The number of methoxy groups -OCH3 is 1. The van der Waals surface area contributed by atoms with Crippen LogP contribution in [-0.2, 0) is 14.8 Å². The second-order valence-electron chi connectivity index (χ2n) is 4.85. The van der Waals surface area contributed by atoms with Crippen LogP contribution in [0.5, 0.6) is 0 Å². The Morgan fingerprint density at radius 3 is 2.67 bits per heavy atom. The first kappa shape index (κ1) is 15.4. The van der Waals surface area contributed by atoms with Gasteiger partial charge in [-0.05, 0) is 31.5 Å². The van der Waals surface area contributed by atoms with E-state index in [1.807, 2.05) is 13.0 Å². The number of ether oxygens (including phenoxy) is 1. The Morgan fingerprint density at radius 1 is 1.33 bits per heavy atom. The van der Waals surface area contributed by atoms with Crippen LogP contribution in [0.25, 0.3) is 10.9 Å². The number of aryl methyl sites for hydroxylation is 1. The summed E-state index contributed by atoms with van der Waals surface area (Å²) in [6.45, 7) is 3.65. The molecule has 1 heterocycles. The minimum Gasteiger partial charge on any atom is -0.465 e. The Hall–Kier alpha value is -2.02. The van der Waals surface area contributed by atoms with Crippen LogP contribution < -0.4 is 4.72 Å². The second-order valence-corrected chi connectivity index (χ2v) is 6.69. The minimum atomic E-state index is -3.44. The number of esters is 1. The fourth-order valence-corrected chi connectivity index (χ4v) is 3.32. The summed E-state index contributed by atoms with van der Waals surface area (Å²) in [5.41, 5.74) is 2.19. The number of benzene rings is 1. The Labute approximate surface area is 123 Å². The lowest BCUT2D eigenvalue weighted by Gasteiger charge is -2.10. The number of H-pyrrole nitrogens is 1. The van der Waals surface area contributed by atoms with E-state index in [4.69, 9.17) is 4.74 Å². The molecule has 6 nitrogen and oxygen atoms in total.